The van der Waals surface area contributed by atoms with Crippen LogP contribution in [0.4, 0.5) is 0 Å². The highest BCUT2D eigenvalue weighted by Gasteiger charge is 1.70. The molecule has 0 aromatic heterocycles. The molecule has 0 saturated carbocycles. The predicted octanol–water partition coefficient (Wildman–Crippen LogP) is 1.61. The van der Waals surface area contributed by atoms with E-state index in [-0.39, 0.29) is 5.76 Å². The van der Waals surface area contributed by atoms with E-state index in [4.69, 9.17) is 5.11 Å². The molecule has 1 N–H and O–H groups in total. The lowest BCUT2D eigenvalue weighted by Gasteiger charge is -1.82. The van der Waals surface area contributed by atoms with Crippen molar-refractivity contribution in [1.29, 1.82) is 0 Å². The van der Waals surface area contributed by atoms with E-state index < -0.39 is 0 Å². The second-order valence-corrected chi connectivity index (χ2v) is 1.37. The number of hydrogen-bond donors (Lipinski definition) is 1. The summed E-state index contributed by atoms with van der Waals surface area (Å²) in [5.41, 5.74) is 0. The van der Waals surface area contributed by atoms with Gasteiger partial charge in [-0.05, 0) is 19.1 Å². The molecule has 0 aromatic carbocycles. The first-order valence-corrected chi connectivity index (χ1v) is 2.32. The van der Waals surface area contributed by atoms with Crippen LogP contribution in [0.5, 0.6) is 0 Å². The molecule has 0 aliphatic heterocycles. The first-order valence-electron chi connectivity index (χ1n) is 2.32. The Kier molecular flexibility index (Phi) is 3.76. The topological polar surface area (TPSA) is 29.5 Å². The van der Waals surface area contributed by atoms with Crippen molar-refractivity contribution in [3.63, 3.8) is 0 Å². The molecule has 0 aliphatic rings. The molecule has 2 nitrogen and oxygen atoms in total. The van der Waals surface area contributed by atoms with Crippen molar-refractivity contribution < 1.29 is 9.84 Å². The number of hydrogen-bond acceptors (Lipinski definition) is 2. The van der Waals surface area contributed by atoms with Crippen molar-refractivity contribution in [2.45, 2.75) is 6.92 Å². The average Bonchev–Trinajstić information content (AvgIpc) is 1.66. The lowest BCUT2D eigenvalue weighted by Crippen LogP contribution is -1.66. The van der Waals surface area contributed by atoms with Gasteiger partial charge in [-0.15, -0.1) is 0 Å². The maximum atomic E-state index is 8.53. The Bertz CT molecular complexity index is 99.1. The van der Waals surface area contributed by atoms with Crippen molar-refractivity contribution >= 4 is 0 Å². The zero-order chi connectivity index (χ0) is 6.41. The first kappa shape index (κ1) is 7.08. The van der Waals surface area contributed by atoms with Gasteiger partial charge in [0.1, 0.15) is 0 Å². The van der Waals surface area contributed by atoms with Crippen LogP contribution < -0.4 is 0 Å². The molecular weight excluding hydrogens is 104 g/mol. The van der Waals surface area contributed by atoms with Gasteiger partial charge >= 0.3 is 0 Å². The van der Waals surface area contributed by atoms with Gasteiger partial charge < -0.3 is 9.84 Å². The minimum atomic E-state index is 0.276. The lowest BCUT2D eigenvalue weighted by molar-refractivity contribution is 0.337. The molecule has 0 fully saturated rings. The van der Waals surface area contributed by atoms with Crippen molar-refractivity contribution in [2.75, 3.05) is 7.11 Å². The van der Waals surface area contributed by atoms with E-state index in [1.54, 1.807) is 26.2 Å². The van der Waals surface area contributed by atoms with E-state index in [9.17, 15) is 0 Å². The summed E-state index contributed by atoms with van der Waals surface area (Å²) in [4.78, 5) is 0. The van der Waals surface area contributed by atoms with Crippen LogP contribution in [0.1, 0.15) is 6.92 Å². The Morgan fingerprint density at radius 3 is 2.62 bits per heavy atom. The van der Waals surface area contributed by atoms with Crippen molar-refractivity contribution in [3.8, 4) is 0 Å². The predicted molar refractivity (Wildman–Crippen MR) is 32.5 cm³/mol. The van der Waals surface area contributed by atoms with Gasteiger partial charge in [-0.1, -0.05) is 0 Å². The SMILES string of the molecule is CO/C=C/C=C(\C)O. The molecule has 0 amide bonds. The Morgan fingerprint density at radius 1 is 1.62 bits per heavy atom. The second-order valence-electron chi connectivity index (χ2n) is 1.37. The third-order valence-corrected chi connectivity index (χ3v) is 0.552. The third-order valence-electron chi connectivity index (χ3n) is 0.552. The minimum absolute atomic E-state index is 0.276. The summed E-state index contributed by atoms with van der Waals surface area (Å²) in [7, 11) is 1.55. The zero-order valence-corrected chi connectivity index (χ0v) is 5.09. The van der Waals surface area contributed by atoms with Crippen molar-refractivity contribution in [1.82, 2.24) is 0 Å². The van der Waals surface area contributed by atoms with Crippen LogP contribution in [0.25, 0.3) is 0 Å². The molecule has 0 radical (unpaired) electrons. The van der Waals surface area contributed by atoms with Crippen molar-refractivity contribution in [3.05, 3.63) is 24.2 Å². The normalized spacial score (nSPS) is 12.5. The Labute approximate surface area is 49.1 Å². The van der Waals surface area contributed by atoms with Gasteiger partial charge in [-0.25, -0.2) is 0 Å². The Hall–Kier alpha value is -0.920. The smallest absolute Gasteiger partial charge is 0.0892 e. The van der Waals surface area contributed by atoms with E-state index in [1.807, 2.05) is 0 Å². The molecule has 0 rings (SSSR count). The van der Waals surface area contributed by atoms with Crippen LogP contribution in [0.2, 0.25) is 0 Å². The standard InChI is InChI=1S/C6H10O2/c1-6(7)4-3-5-8-2/h3-5,7H,1-2H3/b5-3+,6-4+. The van der Waals surface area contributed by atoms with Crippen LogP contribution in [0.3, 0.4) is 0 Å². The summed E-state index contributed by atoms with van der Waals surface area (Å²) in [6, 6.07) is 0. The van der Waals surface area contributed by atoms with Crippen LogP contribution in [-0.2, 0) is 4.74 Å². The molecule has 0 unspecified atom stereocenters. The maximum absolute atomic E-state index is 8.53. The quantitative estimate of drug-likeness (QED) is 0.436. The van der Waals surface area contributed by atoms with Crippen molar-refractivity contribution in [2.24, 2.45) is 0 Å². The van der Waals surface area contributed by atoms with E-state index in [0.717, 1.165) is 0 Å². The Balaban J connectivity index is 3.42. The fourth-order valence-corrected chi connectivity index (χ4v) is 0.257. The molecule has 2 heteroatoms. The van der Waals surface area contributed by atoms with E-state index in [0.29, 0.717) is 0 Å². The highest BCUT2D eigenvalue weighted by atomic mass is 16.5. The molecule has 0 saturated heterocycles. The highest BCUT2D eigenvalue weighted by Crippen LogP contribution is 1.84. The van der Waals surface area contributed by atoms with E-state index >= 15 is 0 Å². The maximum Gasteiger partial charge on any atom is 0.0892 e. The molecule has 0 bridgehead atoms. The summed E-state index contributed by atoms with van der Waals surface area (Å²) in [5.74, 6) is 0.276. The lowest BCUT2D eigenvalue weighted by atomic mass is 10.5. The monoisotopic (exact) mass is 114 g/mol. The van der Waals surface area contributed by atoms with Gasteiger partial charge in [-0.3, -0.25) is 0 Å². The van der Waals surface area contributed by atoms with Gasteiger partial charge in [0.2, 0.25) is 0 Å². The number of methoxy groups -OCH3 is 1. The van der Waals surface area contributed by atoms with Gasteiger partial charge in [-0.2, -0.15) is 0 Å². The van der Waals surface area contributed by atoms with Gasteiger partial charge in [0, 0.05) is 0 Å². The molecule has 0 heterocycles. The number of rotatable bonds is 2. The van der Waals surface area contributed by atoms with E-state index in [1.165, 1.54) is 6.26 Å². The largest absolute Gasteiger partial charge is 0.513 e. The fraction of sp³-hybridized carbons (Fsp3) is 0.333. The summed E-state index contributed by atoms with van der Waals surface area (Å²) in [5, 5.41) is 8.53. The van der Waals surface area contributed by atoms with Crippen LogP contribution in [0, 0.1) is 0 Å². The van der Waals surface area contributed by atoms with E-state index in [2.05, 4.69) is 4.74 Å². The molecule has 0 atom stereocenters. The minimum Gasteiger partial charge on any atom is -0.513 e. The molecule has 8 heavy (non-hydrogen) atoms. The van der Waals surface area contributed by atoms with Gasteiger partial charge in [0.15, 0.2) is 0 Å². The number of aliphatic hydroxyl groups excluding tert-OH is 1. The molecule has 0 aliphatic carbocycles. The zero-order valence-electron chi connectivity index (χ0n) is 5.09. The molecule has 0 aromatic rings. The average molecular weight is 114 g/mol. The molecule has 0 spiro atoms. The Morgan fingerprint density at radius 2 is 2.25 bits per heavy atom. The molecule has 46 valence electrons. The fourth-order valence-electron chi connectivity index (χ4n) is 0.257. The summed E-state index contributed by atoms with van der Waals surface area (Å²) >= 11 is 0. The third kappa shape index (κ3) is 5.08. The van der Waals surface area contributed by atoms with Gasteiger partial charge in [0.25, 0.3) is 0 Å². The second kappa shape index (κ2) is 4.24. The first-order chi connectivity index (χ1) is 3.77. The summed E-state index contributed by atoms with van der Waals surface area (Å²) < 4.78 is 4.56. The van der Waals surface area contributed by atoms with Crippen LogP contribution in [-0.4, -0.2) is 12.2 Å². The molecular formula is C6H10O2. The summed E-state index contributed by atoms with van der Waals surface area (Å²) in [6.45, 7) is 1.60. The summed E-state index contributed by atoms with van der Waals surface area (Å²) in [6.07, 6.45) is 4.65. The number of aliphatic hydroxyl groups is 1. The number of ether oxygens (including phenoxy) is 1. The highest BCUT2D eigenvalue weighted by molar-refractivity contribution is 5.02. The van der Waals surface area contributed by atoms with Crippen LogP contribution in [0.15, 0.2) is 24.2 Å². The van der Waals surface area contributed by atoms with Gasteiger partial charge in [0.05, 0.1) is 19.1 Å². The number of allylic oxidation sites excluding steroid dienone is 3. The van der Waals surface area contributed by atoms with Crippen LogP contribution >= 0.6 is 0 Å².